The van der Waals surface area contributed by atoms with Crippen molar-refractivity contribution < 1.29 is 18.7 Å². The number of amides is 1. The van der Waals surface area contributed by atoms with E-state index in [0.29, 0.717) is 27.6 Å². The Labute approximate surface area is 229 Å². The van der Waals surface area contributed by atoms with Gasteiger partial charge in [0, 0.05) is 16.7 Å². The summed E-state index contributed by atoms with van der Waals surface area (Å²) in [4.78, 5) is 30.7. The molecule has 1 atom stereocenters. The first kappa shape index (κ1) is 26.2. The Morgan fingerprint density at radius 3 is 2.45 bits per heavy atom. The Morgan fingerprint density at radius 2 is 1.76 bits per heavy atom. The zero-order chi connectivity index (χ0) is 26.8. The highest BCUT2D eigenvalue weighted by atomic mass is 35.5. The number of esters is 1. The van der Waals surface area contributed by atoms with Crippen molar-refractivity contribution in [3.8, 4) is 11.4 Å². The van der Waals surface area contributed by atoms with Crippen LogP contribution in [0.2, 0.25) is 10.0 Å². The van der Waals surface area contributed by atoms with E-state index in [-0.39, 0.29) is 22.4 Å². The first-order valence-electron chi connectivity index (χ1n) is 12.5. The molecule has 9 heteroatoms. The van der Waals surface area contributed by atoms with Gasteiger partial charge in [0.2, 0.25) is 5.91 Å². The van der Waals surface area contributed by atoms with Gasteiger partial charge < -0.3 is 14.6 Å². The van der Waals surface area contributed by atoms with Crippen molar-refractivity contribution >= 4 is 51.8 Å². The van der Waals surface area contributed by atoms with Crippen LogP contribution < -0.4 is 5.32 Å². The highest BCUT2D eigenvalue weighted by Crippen LogP contribution is 2.39. The van der Waals surface area contributed by atoms with Crippen LogP contribution >= 0.6 is 23.2 Å². The molecule has 1 heterocycles. The second kappa shape index (κ2) is 11.1. The third-order valence-electron chi connectivity index (χ3n) is 7.05. The molecule has 0 bridgehead atoms. The number of ether oxygens (including phenoxy) is 1. The Bertz CT molecular complexity index is 1500. The quantitative estimate of drug-likeness (QED) is 0.248. The number of fused-ring (bicyclic) bond motifs is 1. The van der Waals surface area contributed by atoms with Crippen molar-refractivity contribution in [3.05, 3.63) is 82.1 Å². The summed E-state index contributed by atoms with van der Waals surface area (Å²) >= 11 is 12.6. The summed E-state index contributed by atoms with van der Waals surface area (Å²) < 4.78 is 20.9. The number of nitrogens with one attached hydrogen (secondary N) is 1. The largest absolute Gasteiger partial charge is 0.465 e. The zero-order valence-corrected chi connectivity index (χ0v) is 22.2. The van der Waals surface area contributed by atoms with Crippen LogP contribution in [-0.4, -0.2) is 28.5 Å². The standard InChI is InChI=1S/C29H26Cl2FN3O3/c1-38-29(37)19-9-13-23(22(31)15-19)34-28(36)26(17-5-3-2-4-6-17)35-25-14-12-21(32)16-24(25)33-27(35)18-7-10-20(30)11-8-18/h7-17,26H,2-6H2,1H3,(H,34,36). The summed E-state index contributed by atoms with van der Waals surface area (Å²) in [5.41, 5.74) is 2.55. The number of methoxy groups -OCH3 is 1. The van der Waals surface area contributed by atoms with Crippen LogP contribution in [0.5, 0.6) is 0 Å². The fraction of sp³-hybridized carbons (Fsp3) is 0.276. The maximum atomic E-state index is 14.2. The second-order valence-electron chi connectivity index (χ2n) is 9.46. The number of hydrogen-bond acceptors (Lipinski definition) is 4. The molecular formula is C29H26Cl2FN3O3. The van der Waals surface area contributed by atoms with Gasteiger partial charge in [-0.15, -0.1) is 0 Å². The maximum Gasteiger partial charge on any atom is 0.337 e. The minimum atomic E-state index is -0.632. The third-order valence-corrected chi connectivity index (χ3v) is 7.61. The number of anilines is 1. The zero-order valence-electron chi connectivity index (χ0n) is 20.7. The molecule has 1 aromatic heterocycles. The summed E-state index contributed by atoms with van der Waals surface area (Å²) in [5, 5.41) is 3.78. The Morgan fingerprint density at radius 1 is 1.03 bits per heavy atom. The number of carbonyl (C=O) groups excluding carboxylic acids is 2. The fourth-order valence-corrected chi connectivity index (χ4v) is 5.57. The molecule has 38 heavy (non-hydrogen) atoms. The lowest BCUT2D eigenvalue weighted by molar-refractivity contribution is -0.121. The van der Waals surface area contributed by atoms with Crippen molar-refractivity contribution in [3.63, 3.8) is 0 Å². The first-order valence-corrected chi connectivity index (χ1v) is 13.2. The fourth-order valence-electron chi connectivity index (χ4n) is 5.22. The summed E-state index contributed by atoms with van der Waals surface area (Å²) in [6.07, 6.45) is 4.88. The van der Waals surface area contributed by atoms with E-state index in [9.17, 15) is 14.0 Å². The van der Waals surface area contributed by atoms with Gasteiger partial charge in [0.25, 0.3) is 0 Å². The molecule has 196 valence electrons. The molecule has 1 saturated carbocycles. The van der Waals surface area contributed by atoms with Crippen molar-refractivity contribution in [1.29, 1.82) is 0 Å². The number of halogens is 3. The summed E-state index contributed by atoms with van der Waals surface area (Å²) in [6, 6.07) is 15.6. The smallest absolute Gasteiger partial charge is 0.337 e. The third kappa shape index (κ3) is 5.26. The number of aromatic nitrogens is 2. The minimum Gasteiger partial charge on any atom is -0.465 e. The molecule has 1 aliphatic carbocycles. The van der Waals surface area contributed by atoms with E-state index in [0.717, 1.165) is 37.7 Å². The lowest BCUT2D eigenvalue weighted by Crippen LogP contribution is -2.33. The Balaban J connectivity index is 1.62. The van der Waals surface area contributed by atoms with Gasteiger partial charge >= 0.3 is 5.97 Å². The topological polar surface area (TPSA) is 73.2 Å². The van der Waals surface area contributed by atoms with E-state index < -0.39 is 17.8 Å². The van der Waals surface area contributed by atoms with Gasteiger partial charge in [-0.1, -0.05) is 42.5 Å². The minimum absolute atomic E-state index is 0.0328. The molecule has 1 unspecified atom stereocenters. The molecule has 0 radical (unpaired) electrons. The van der Waals surface area contributed by atoms with Gasteiger partial charge in [-0.25, -0.2) is 14.2 Å². The van der Waals surface area contributed by atoms with Crippen LogP contribution in [0.3, 0.4) is 0 Å². The van der Waals surface area contributed by atoms with Crippen LogP contribution in [0, 0.1) is 11.7 Å². The average molecular weight is 554 g/mol. The Hall–Kier alpha value is -3.42. The molecule has 5 rings (SSSR count). The number of hydrogen-bond donors (Lipinski definition) is 1. The molecule has 3 aromatic carbocycles. The van der Waals surface area contributed by atoms with E-state index in [1.165, 1.54) is 25.3 Å². The summed E-state index contributed by atoms with van der Waals surface area (Å²) in [5.74, 6) is -0.593. The first-order chi connectivity index (χ1) is 18.4. The molecule has 0 spiro atoms. The molecule has 6 nitrogen and oxygen atoms in total. The van der Waals surface area contributed by atoms with Crippen molar-refractivity contribution in [2.75, 3.05) is 12.4 Å². The van der Waals surface area contributed by atoms with E-state index in [1.807, 2.05) is 16.7 Å². The predicted octanol–water partition coefficient (Wildman–Crippen LogP) is 7.70. The number of carbonyl (C=O) groups is 2. The molecular weight excluding hydrogens is 528 g/mol. The normalized spacial score (nSPS) is 14.8. The van der Waals surface area contributed by atoms with Gasteiger partial charge in [-0.2, -0.15) is 0 Å². The van der Waals surface area contributed by atoms with Gasteiger partial charge in [0.15, 0.2) is 0 Å². The van der Waals surface area contributed by atoms with E-state index in [4.69, 9.17) is 32.9 Å². The molecule has 0 saturated heterocycles. The number of nitrogens with zero attached hydrogens (tertiary/aromatic N) is 2. The maximum absolute atomic E-state index is 14.2. The van der Waals surface area contributed by atoms with Gasteiger partial charge in [-0.05, 0) is 73.4 Å². The molecule has 0 aliphatic heterocycles. The van der Waals surface area contributed by atoms with Crippen LogP contribution in [-0.2, 0) is 9.53 Å². The predicted molar refractivity (Wildman–Crippen MR) is 147 cm³/mol. The van der Waals surface area contributed by atoms with E-state index in [1.54, 1.807) is 30.3 Å². The lowest BCUT2D eigenvalue weighted by atomic mass is 9.83. The van der Waals surface area contributed by atoms with Gasteiger partial charge in [0.1, 0.15) is 17.7 Å². The van der Waals surface area contributed by atoms with Gasteiger partial charge in [-0.3, -0.25) is 4.79 Å². The van der Waals surface area contributed by atoms with E-state index >= 15 is 0 Å². The summed E-state index contributed by atoms with van der Waals surface area (Å²) in [6.45, 7) is 0. The van der Waals surface area contributed by atoms with Crippen molar-refractivity contribution in [2.45, 2.75) is 38.1 Å². The SMILES string of the molecule is COC(=O)c1ccc(NC(=O)C(C2CCCCC2)n2c(-c3ccc(Cl)cc3)nc3cc(F)ccc32)c(Cl)c1. The van der Waals surface area contributed by atoms with Crippen LogP contribution in [0.15, 0.2) is 60.7 Å². The van der Waals surface area contributed by atoms with Crippen molar-refractivity contribution in [1.82, 2.24) is 9.55 Å². The van der Waals surface area contributed by atoms with E-state index in [2.05, 4.69) is 5.32 Å². The average Bonchev–Trinajstić information content (AvgIpc) is 3.28. The van der Waals surface area contributed by atoms with Gasteiger partial charge in [0.05, 0.1) is 34.4 Å². The number of benzene rings is 3. The molecule has 1 aliphatic rings. The highest BCUT2D eigenvalue weighted by Gasteiger charge is 2.34. The monoisotopic (exact) mass is 553 g/mol. The van der Waals surface area contributed by atoms with Crippen LogP contribution in [0.25, 0.3) is 22.4 Å². The second-order valence-corrected chi connectivity index (χ2v) is 10.3. The number of rotatable bonds is 6. The summed E-state index contributed by atoms with van der Waals surface area (Å²) in [7, 11) is 1.29. The van der Waals surface area contributed by atoms with Crippen LogP contribution in [0.4, 0.5) is 10.1 Å². The highest BCUT2D eigenvalue weighted by molar-refractivity contribution is 6.34. The van der Waals surface area contributed by atoms with Crippen molar-refractivity contribution in [2.24, 2.45) is 5.92 Å². The number of imidazole rings is 1. The Kier molecular flexibility index (Phi) is 7.68. The van der Waals surface area contributed by atoms with Crippen LogP contribution in [0.1, 0.15) is 48.5 Å². The molecule has 1 fully saturated rings. The molecule has 4 aromatic rings. The lowest BCUT2D eigenvalue weighted by Gasteiger charge is -2.32. The molecule has 1 N–H and O–H groups in total. The molecule has 1 amide bonds.